The van der Waals surface area contributed by atoms with Crippen LogP contribution in [-0.2, 0) is 21.8 Å². The molecule has 7 nitrogen and oxygen atoms in total. The van der Waals surface area contributed by atoms with E-state index in [1.807, 2.05) is 0 Å². The summed E-state index contributed by atoms with van der Waals surface area (Å²) in [4.78, 5) is 12.4. The van der Waals surface area contributed by atoms with E-state index in [-0.39, 0.29) is 30.6 Å². The first-order valence-corrected chi connectivity index (χ1v) is 9.23. The van der Waals surface area contributed by atoms with Crippen LogP contribution >= 0.6 is 0 Å². The van der Waals surface area contributed by atoms with Crippen LogP contribution in [0.4, 0.5) is 0 Å². The normalized spacial score (nSPS) is 29.3. The van der Waals surface area contributed by atoms with Gasteiger partial charge in [-0.05, 0) is 25.0 Å². The maximum absolute atomic E-state index is 12.4. The molecule has 3 heterocycles. The van der Waals surface area contributed by atoms with Crippen LogP contribution < -0.4 is 5.32 Å². The predicted octanol–water partition coefficient (Wildman–Crippen LogP) is -0.0537. The zero-order valence-corrected chi connectivity index (χ0v) is 13.5. The number of aryl methyl sites for hydroxylation is 1. The van der Waals surface area contributed by atoms with Gasteiger partial charge in [0.15, 0.2) is 0 Å². The van der Waals surface area contributed by atoms with Crippen LogP contribution in [0.3, 0.4) is 0 Å². The molecule has 2 saturated heterocycles. The van der Waals surface area contributed by atoms with E-state index in [1.54, 1.807) is 29.9 Å². The molecule has 122 valence electrons. The van der Waals surface area contributed by atoms with Crippen molar-refractivity contribution in [2.45, 2.75) is 31.0 Å². The zero-order chi connectivity index (χ0) is 15.9. The van der Waals surface area contributed by atoms with E-state index < -0.39 is 10.0 Å². The molecule has 22 heavy (non-hydrogen) atoms. The van der Waals surface area contributed by atoms with Gasteiger partial charge in [-0.15, -0.1) is 0 Å². The lowest BCUT2D eigenvalue weighted by Crippen LogP contribution is -2.48. The molecule has 1 aromatic rings. The molecule has 8 heteroatoms. The molecule has 0 aromatic carbocycles. The standard InChI is InChI=1S/C14H21N3O4S/c1-16-7-3-5-12(16)14(18)15-10-9-17(22(2,19)20)11-6-4-8-21-13(10)11/h3,5,7,10-11,13H,4,6,8-9H2,1-2H3,(H,15,18)/t10-,11+,13+/m1/s1. The molecule has 0 spiro atoms. The zero-order valence-electron chi connectivity index (χ0n) is 12.7. The topological polar surface area (TPSA) is 80.6 Å². The number of fused-ring (bicyclic) bond motifs is 1. The third-order valence-electron chi connectivity index (χ3n) is 4.40. The van der Waals surface area contributed by atoms with Gasteiger partial charge in [-0.25, -0.2) is 8.42 Å². The molecule has 3 rings (SSSR count). The minimum Gasteiger partial charge on any atom is -0.374 e. The smallest absolute Gasteiger partial charge is 0.268 e. The number of aromatic nitrogens is 1. The summed E-state index contributed by atoms with van der Waals surface area (Å²) >= 11 is 0. The molecule has 3 atom stereocenters. The summed E-state index contributed by atoms with van der Waals surface area (Å²) in [5.41, 5.74) is 0.546. The van der Waals surface area contributed by atoms with Crippen LogP contribution in [-0.4, -0.2) is 60.8 Å². The molecule has 0 bridgehead atoms. The van der Waals surface area contributed by atoms with Gasteiger partial charge in [-0.2, -0.15) is 4.31 Å². The minimum atomic E-state index is -3.31. The number of ether oxygens (including phenoxy) is 1. The lowest BCUT2D eigenvalue weighted by Gasteiger charge is -2.31. The Morgan fingerprint density at radius 2 is 2.23 bits per heavy atom. The SMILES string of the molecule is Cn1cccc1C(=O)N[C@@H]1CN(S(C)(=O)=O)[C@H]2CCCO[C@@H]12. The summed E-state index contributed by atoms with van der Waals surface area (Å²) < 4.78 is 32.9. The molecule has 0 aliphatic carbocycles. The summed E-state index contributed by atoms with van der Waals surface area (Å²) in [6.45, 7) is 0.875. The highest BCUT2D eigenvalue weighted by atomic mass is 32.2. The van der Waals surface area contributed by atoms with Crippen LogP contribution in [0, 0.1) is 0 Å². The Balaban J connectivity index is 1.79. The number of nitrogens with one attached hydrogen (secondary N) is 1. The molecule has 1 amide bonds. The first-order chi connectivity index (χ1) is 10.4. The second-order valence-corrected chi connectivity index (χ2v) is 7.90. The van der Waals surface area contributed by atoms with Gasteiger partial charge in [0.05, 0.1) is 24.4 Å². The molecule has 2 aliphatic heterocycles. The summed E-state index contributed by atoms with van der Waals surface area (Å²) in [6.07, 6.45) is 4.35. The highest BCUT2D eigenvalue weighted by Gasteiger charge is 2.48. The van der Waals surface area contributed by atoms with Gasteiger partial charge in [-0.3, -0.25) is 4.79 Å². The Labute approximate surface area is 130 Å². The van der Waals surface area contributed by atoms with Crippen LogP contribution in [0.25, 0.3) is 0 Å². The molecule has 1 aromatic heterocycles. The number of carbonyl (C=O) groups is 1. The van der Waals surface area contributed by atoms with Gasteiger partial charge in [-0.1, -0.05) is 0 Å². The number of hydrogen-bond acceptors (Lipinski definition) is 4. The average Bonchev–Trinajstić information content (AvgIpc) is 3.03. The minimum absolute atomic E-state index is 0.178. The van der Waals surface area contributed by atoms with Crippen molar-refractivity contribution in [2.75, 3.05) is 19.4 Å². The lowest BCUT2D eigenvalue weighted by molar-refractivity contribution is -0.0104. The average molecular weight is 327 g/mol. The van der Waals surface area contributed by atoms with E-state index in [9.17, 15) is 13.2 Å². The van der Waals surface area contributed by atoms with Crippen LogP contribution in [0.2, 0.25) is 0 Å². The fourth-order valence-electron chi connectivity index (χ4n) is 3.36. The monoisotopic (exact) mass is 327 g/mol. The second-order valence-electron chi connectivity index (χ2n) is 5.96. The Hall–Kier alpha value is -1.38. The highest BCUT2D eigenvalue weighted by molar-refractivity contribution is 7.88. The number of carbonyl (C=O) groups excluding carboxylic acids is 1. The van der Waals surface area contributed by atoms with Crippen LogP contribution in [0.5, 0.6) is 0 Å². The number of sulfonamides is 1. The largest absolute Gasteiger partial charge is 0.374 e. The van der Waals surface area contributed by atoms with Gasteiger partial charge in [0.1, 0.15) is 5.69 Å². The third kappa shape index (κ3) is 2.78. The van der Waals surface area contributed by atoms with E-state index in [0.717, 1.165) is 12.8 Å². The van der Waals surface area contributed by atoms with E-state index in [1.165, 1.54) is 10.6 Å². The summed E-state index contributed by atoms with van der Waals surface area (Å²) in [5.74, 6) is -0.208. The van der Waals surface area contributed by atoms with Crippen molar-refractivity contribution in [3.8, 4) is 0 Å². The fraction of sp³-hybridized carbons (Fsp3) is 0.643. The molecule has 0 radical (unpaired) electrons. The van der Waals surface area contributed by atoms with Crippen molar-refractivity contribution < 1.29 is 17.9 Å². The Bertz CT molecular complexity index is 669. The van der Waals surface area contributed by atoms with E-state index >= 15 is 0 Å². The number of rotatable bonds is 3. The van der Waals surface area contributed by atoms with Crippen molar-refractivity contribution in [1.82, 2.24) is 14.2 Å². The van der Waals surface area contributed by atoms with Crippen LogP contribution in [0.1, 0.15) is 23.3 Å². The number of hydrogen-bond donors (Lipinski definition) is 1. The lowest BCUT2D eigenvalue weighted by atomic mass is 10.0. The van der Waals surface area contributed by atoms with Crippen molar-refractivity contribution in [3.05, 3.63) is 24.0 Å². The van der Waals surface area contributed by atoms with Gasteiger partial charge in [0.2, 0.25) is 10.0 Å². The quantitative estimate of drug-likeness (QED) is 0.844. The van der Waals surface area contributed by atoms with Crippen molar-refractivity contribution in [3.63, 3.8) is 0 Å². The first-order valence-electron chi connectivity index (χ1n) is 7.38. The Kier molecular flexibility index (Phi) is 4.00. The molecule has 1 N–H and O–H groups in total. The van der Waals surface area contributed by atoms with Gasteiger partial charge in [0.25, 0.3) is 5.91 Å². The van der Waals surface area contributed by atoms with E-state index in [0.29, 0.717) is 12.3 Å². The van der Waals surface area contributed by atoms with E-state index in [2.05, 4.69) is 5.32 Å². The number of nitrogens with zero attached hydrogens (tertiary/aromatic N) is 2. The first kappa shape index (κ1) is 15.5. The summed E-state index contributed by atoms with van der Waals surface area (Å²) in [6, 6.07) is 3.04. The Morgan fingerprint density at radius 1 is 1.45 bits per heavy atom. The van der Waals surface area contributed by atoms with Gasteiger partial charge >= 0.3 is 0 Å². The highest BCUT2D eigenvalue weighted by Crippen LogP contribution is 2.30. The van der Waals surface area contributed by atoms with Gasteiger partial charge in [0, 0.05) is 26.4 Å². The maximum atomic E-state index is 12.4. The molecular weight excluding hydrogens is 306 g/mol. The molecule has 0 saturated carbocycles. The second kappa shape index (κ2) is 5.68. The van der Waals surface area contributed by atoms with E-state index in [4.69, 9.17) is 4.74 Å². The summed E-state index contributed by atoms with van der Waals surface area (Å²) in [7, 11) is -1.51. The van der Waals surface area contributed by atoms with Crippen molar-refractivity contribution >= 4 is 15.9 Å². The van der Waals surface area contributed by atoms with Crippen LogP contribution in [0.15, 0.2) is 18.3 Å². The Morgan fingerprint density at radius 3 is 2.86 bits per heavy atom. The third-order valence-corrected chi connectivity index (χ3v) is 5.67. The van der Waals surface area contributed by atoms with Gasteiger partial charge < -0.3 is 14.6 Å². The molecule has 2 fully saturated rings. The fourth-order valence-corrected chi connectivity index (χ4v) is 4.51. The predicted molar refractivity (Wildman–Crippen MR) is 81.0 cm³/mol. The summed E-state index contributed by atoms with van der Waals surface area (Å²) in [5, 5.41) is 2.93. The molecular formula is C14H21N3O4S. The molecule has 0 unspecified atom stereocenters. The molecule has 2 aliphatic rings. The number of amides is 1. The maximum Gasteiger partial charge on any atom is 0.268 e. The van der Waals surface area contributed by atoms with Crippen molar-refractivity contribution in [1.29, 1.82) is 0 Å². The van der Waals surface area contributed by atoms with Crippen molar-refractivity contribution in [2.24, 2.45) is 7.05 Å².